The number of nitrogens with one attached hydrogen (secondary N) is 1. The number of hydrogen-bond donors (Lipinski definition) is 1. The second-order valence-electron chi connectivity index (χ2n) is 6.55. The molecule has 1 aliphatic rings. The predicted octanol–water partition coefficient (Wildman–Crippen LogP) is 3.33. The molecular weight excluding hydrogens is 339 g/mol. The van der Waals surface area contributed by atoms with Gasteiger partial charge in [-0.2, -0.15) is 0 Å². The van der Waals surface area contributed by atoms with Gasteiger partial charge in [-0.3, -0.25) is 9.69 Å². The van der Waals surface area contributed by atoms with Crippen LogP contribution in [0.2, 0.25) is 0 Å². The molecule has 0 amide bonds. The van der Waals surface area contributed by atoms with Crippen molar-refractivity contribution < 1.29 is 9.18 Å². The molecule has 25 heavy (non-hydrogen) atoms. The van der Waals surface area contributed by atoms with Crippen LogP contribution in [0.25, 0.3) is 10.6 Å². The van der Waals surface area contributed by atoms with Crippen LogP contribution in [0.5, 0.6) is 0 Å². The number of carbonyl (C=O) groups is 1. The molecule has 0 aliphatic carbocycles. The highest BCUT2D eigenvalue weighted by Crippen LogP contribution is 2.36. The van der Waals surface area contributed by atoms with Crippen LogP contribution >= 0.6 is 11.3 Å². The number of thiazole rings is 1. The van der Waals surface area contributed by atoms with E-state index in [2.05, 4.69) is 41.0 Å². The number of rotatable bonds is 4. The topological polar surface area (TPSA) is 48.5 Å². The molecule has 2 unspecified atom stereocenters. The fourth-order valence-electron chi connectivity index (χ4n) is 3.26. The van der Waals surface area contributed by atoms with Crippen molar-refractivity contribution in [3.05, 3.63) is 29.0 Å². The lowest BCUT2D eigenvalue weighted by atomic mass is 10.1. The summed E-state index contributed by atoms with van der Waals surface area (Å²) in [5.74, 6) is -0.319. The number of piperazine rings is 1. The third-order valence-electron chi connectivity index (χ3n) is 4.93. The summed E-state index contributed by atoms with van der Waals surface area (Å²) in [7, 11) is 3.96. The minimum atomic E-state index is -0.319. The van der Waals surface area contributed by atoms with Gasteiger partial charge in [0.1, 0.15) is 10.8 Å². The second kappa shape index (κ2) is 7.09. The zero-order chi connectivity index (χ0) is 18.1. The molecule has 0 spiro atoms. The molecule has 2 heterocycles. The molecule has 1 aromatic carbocycles. The van der Waals surface area contributed by atoms with Crippen LogP contribution < -0.4 is 10.2 Å². The van der Waals surface area contributed by atoms with E-state index in [0.717, 1.165) is 30.8 Å². The van der Waals surface area contributed by atoms with Gasteiger partial charge in [0.25, 0.3) is 0 Å². The van der Waals surface area contributed by atoms with E-state index < -0.39 is 0 Å². The summed E-state index contributed by atoms with van der Waals surface area (Å²) in [6.07, 6.45) is 2.21. The first-order chi connectivity index (χ1) is 11.9. The number of aromatic nitrogens is 1. The molecule has 2 atom stereocenters. The molecule has 1 saturated heterocycles. The molecule has 1 N–H and O–H groups in total. The van der Waals surface area contributed by atoms with Crippen molar-refractivity contribution in [1.29, 1.82) is 0 Å². The Balaban J connectivity index is 1.98. The number of hydrogen-bond acceptors (Lipinski definition) is 6. The molecule has 1 aliphatic heterocycles. The summed E-state index contributed by atoms with van der Waals surface area (Å²) in [4.78, 5) is 20.1. The number of halogens is 1. The highest BCUT2D eigenvalue weighted by molar-refractivity contribution is 7.16. The summed E-state index contributed by atoms with van der Waals surface area (Å²) >= 11 is 1.19. The zero-order valence-corrected chi connectivity index (χ0v) is 15.7. The van der Waals surface area contributed by atoms with Crippen LogP contribution in [0, 0.1) is 5.82 Å². The van der Waals surface area contributed by atoms with Gasteiger partial charge >= 0.3 is 0 Å². The predicted molar refractivity (Wildman–Crippen MR) is 101 cm³/mol. The van der Waals surface area contributed by atoms with Gasteiger partial charge in [0.15, 0.2) is 6.29 Å². The molecule has 7 heteroatoms. The Kier molecular flexibility index (Phi) is 5.06. The number of nitrogens with zero attached hydrogens (tertiary/aromatic N) is 3. The van der Waals surface area contributed by atoms with Gasteiger partial charge in [-0.15, -0.1) is 11.3 Å². The lowest BCUT2D eigenvalue weighted by Crippen LogP contribution is -2.55. The van der Waals surface area contributed by atoms with Crippen LogP contribution in [0.15, 0.2) is 18.3 Å². The molecule has 3 rings (SSSR count). The molecule has 5 nitrogen and oxygen atoms in total. The zero-order valence-electron chi connectivity index (χ0n) is 14.9. The first-order valence-corrected chi connectivity index (χ1v) is 9.15. The molecule has 1 aromatic heterocycles. The van der Waals surface area contributed by atoms with Gasteiger partial charge in [0.05, 0.1) is 16.3 Å². The number of likely N-dealkylation sites (N-methyl/N-ethyl adjacent to an activating group) is 1. The number of anilines is 2. The van der Waals surface area contributed by atoms with E-state index in [0.29, 0.717) is 27.5 Å². The third kappa shape index (κ3) is 3.39. The van der Waals surface area contributed by atoms with Gasteiger partial charge in [-0.25, -0.2) is 9.37 Å². The molecule has 2 aromatic rings. The van der Waals surface area contributed by atoms with Gasteiger partial charge in [0.2, 0.25) is 0 Å². The lowest BCUT2D eigenvalue weighted by Gasteiger charge is -2.44. The Hall–Kier alpha value is -1.99. The van der Waals surface area contributed by atoms with Gasteiger partial charge in [0, 0.05) is 50.0 Å². The van der Waals surface area contributed by atoms with Crippen LogP contribution in [-0.2, 0) is 0 Å². The summed E-state index contributed by atoms with van der Waals surface area (Å²) in [5.41, 5.74) is 2.15. The van der Waals surface area contributed by atoms with Gasteiger partial charge in [-0.05, 0) is 27.0 Å². The molecule has 134 valence electrons. The van der Waals surface area contributed by atoms with E-state index in [4.69, 9.17) is 0 Å². The standard InChI is InChI=1S/C18H23FN4OS/c1-11-8-23(9-12(2)22(11)4)17-6-15(19)14(5-16(17)20-3)18-21-7-13(10-24)25-18/h5-7,10-12,20H,8-9H2,1-4H3. The Morgan fingerprint density at radius 1 is 1.32 bits per heavy atom. The highest BCUT2D eigenvalue weighted by atomic mass is 32.1. The first-order valence-electron chi connectivity index (χ1n) is 8.34. The van der Waals surface area contributed by atoms with Crippen molar-refractivity contribution in [2.24, 2.45) is 0 Å². The van der Waals surface area contributed by atoms with E-state index in [-0.39, 0.29) is 5.82 Å². The number of benzene rings is 1. The third-order valence-corrected chi connectivity index (χ3v) is 5.88. The maximum absolute atomic E-state index is 14.8. The Labute approximate surface area is 151 Å². The fraction of sp³-hybridized carbons (Fsp3) is 0.444. The van der Waals surface area contributed by atoms with Crippen LogP contribution in [-0.4, -0.2) is 55.4 Å². The molecule has 0 bridgehead atoms. The monoisotopic (exact) mass is 362 g/mol. The summed E-state index contributed by atoms with van der Waals surface area (Å²) in [6, 6.07) is 4.15. The molecule has 1 fully saturated rings. The average molecular weight is 362 g/mol. The summed E-state index contributed by atoms with van der Waals surface area (Å²) in [5, 5.41) is 3.69. The minimum absolute atomic E-state index is 0.319. The van der Waals surface area contributed by atoms with E-state index in [1.165, 1.54) is 17.5 Å². The normalized spacial score (nSPS) is 21.4. The Morgan fingerprint density at radius 3 is 2.56 bits per heavy atom. The minimum Gasteiger partial charge on any atom is -0.386 e. The molecule has 0 radical (unpaired) electrons. The highest BCUT2D eigenvalue weighted by Gasteiger charge is 2.28. The van der Waals surface area contributed by atoms with Crippen LogP contribution in [0.1, 0.15) is 23.5 Å². The van der Waals surface area contributed by atoms with Gasteiger partial charge < -0.3 is 10.2 Å². The smallest absolute Gasteiger partial charge is 0.161 e. The van der Waals surface area contributed by atoms with E-state index in [9.17, 15) is 9.18 Å². The van der Waals surface area contributed by atoms with Crippen molar-refractivity contribution in [2.45, 2.75) is 25.9 Å². The van der Waals surface area contributed by atoms with Gasteiger partial charge in [-0.1, -0.05) is 0 Å². The number of aldehydes is 1. The maximum atomic E-state index is 14.8. The quantitative estimate of drug-likeness (QED) is 0.846. The van der Waals surface area contributed by atoms with E-state index in [1.807, 2.05) is 7.05 Å². The molecular formula is C18H23FN4OS. The van der Waals surface area contributed by atoms with Crippen molar-refractivity contribution in [3.8, 4) is 10.6 Å². The van der Waals surface area contributed by atoms with E-state index >= 15 is 0 Å². The largest absolute Gasteiger partial charge is 0.386 e. The summed E-state index contributed by atoms with van der Waals surface area (Å²) < 4.78 is 14.8. The lowest BCUT2D eigenvalue weighted by molar-refractivity contribution is 0.112. The number of carbonyl (C=O) groups excluding carboxylic acids is 1. The average Bonchev–Trinajstić information content (AvgIpc) is 3.07. The fourth-order valence-corrected chi connectivity index (χ4v) is 4.00. The Bertz CT molecular complexity index is 766. The Morgan fingerprint density at radius 2 is 2.00 bits per heavy atom. The van der Waals surface area contributed by atoms with Crippen molar-refractivity contribution in [2.75, 3.05) is 37.4 Å². The van der Waals surface area contributed by atoms with Crippen LogP contribution in [0.3, 0.4) is 0 Å². The first kappa shape index (κ1) is 17.8. The van der Waals surface area contributed by atoms with Crippen molar-refractivity contribution in [1.82, 2.24) is 9.88 Å². The SMILES string of the molecule is CNc1cc(-c2ncc(C=O)s2)c(F)cc1N1CC(C)N(C)C(C)C1. The molecule has 0 saturated carbocycles. The van der Waals surface area contributed by atoms with Crippen molar-refractivity contribution in [3.63, 3.8) is 0 Å². The van der Waals surface area contributed by atoms with Crippen LogP contribution in [0.4, 0.5) is 15.8 Å². The second-order valence-corrected chi connectivity index (χ2v) is 7.62. The summed E-state index contributed by atoms with van der Waals surface area (Å²) in [6.45, 7) is 6.06. The maximum Gasteiger partial charge on any atom is 0.161 e. The van der Waals surface area contributed by atoms with Crippen molar-refractivity contribution >= 4 is 29.0 Å². The van der Waals surface area contributed by atoms with E-state index in [1.54, 1.807) is 12.1 Å².